The highest BCUT2D eigenvalue weighted by Crippen LogP contribution is 2.25. The molecule has 7 heteroatoms. The van der Waals surface area contributed by atoms with Crippen LogP contribution in [-0.4, -0.2) is 66.3 Å². The molecule has 1 aliphatic carbocycles. The second-order valence-corrected chi connectivity index (χ2v) is 10.4. The Hall–Kier alpha value is -3.03. The van der Waals surface area contributed by atoms with Crippen LogP contribution in [0.25, 0.3) is 10.8 Å². The van der Waals surface area contributed by atoms with Crippen LogP contribution in [0, 0.1) is 6.92 Å². The first kappa shape index (κ1) is 25.6. The van der Waals surface area contributed by atoms with Gasteiger partial charge >= 0.3 is 0 Å². The monoisotopic (exact) mass is 502 g/mol. The smallest absolute Gasteiger partial charge is 0.272 e. The van der Waals surface area contributed by atoms with Gasteiger partial charge in [-0.3, -0.25) is 4.79 Å². The Labute approximate surface area is 219 Å². The fraction of sp³-hybridized carbons (Fsp3) is 0.500. The molecule has 2 atom stereocenters. The van der Waals surface area contributed by atoms with Gasteiger partial charge in [-0.25, -0.2) is 9.97 Å². The van der Waals surface area contributed by atoms with Crippen LogP contribution in [-0.2, 0) is 11.2 Å². The predicted molar refractivity (Wildman–Crippen MR) is 145 cm³/mol. The van der Waals surface area contributed by atoms with Crippen molar-refractivity contribution >= 4 is 16.7 Å². The van der Waals surface area contributed by atoms with Crippen LogP contribution < -0.4 is 10.1 Å². The van der Waals surface area contributed by atoms with Crippen molar-refractivity contribution < 1.29 is 14.3 Å². The lowest BCUT2D eigenvalue weighted by molar-refractivity contribution is 0.0329. The van der Waals surface area contributed by atoms with Gasteiger partial charge in [-0.15, -0.1) is 0 Å². The molecule has 1 N–H and O–H groups in total. The third-order valence-electron chi connectivity index (χ3n) is 8.11. The molecule has 0 unspecified atom stereocenters. The Kier molecular flexibility index (Phi) is 8.01. The number of benzene rings is 2. The van der Waals surface area contributed by atoms with Crippen molar-refractivity contribution in [1.82, 2.24) is 20.2 Å². The zero-order chi connectivity index (χ0) is 25.8. The molecule has 0 spiro atoms. The SMILES string of the molecule is COc1ccc2ccc(Cc3ncnc(C(=O)N4CCC(N[C@@H]5CCCC[C@@H]5OC)CC4)c3C)cc2c1. The van der Waals surface area contributed by atoms with Gasteiger partial charge < -0.3 is 19.7 Å². The first-order valence-electron chi connectivity index (χ1n) is 13.5. The summed E-state index contributed by atoms with van der Waals surface area (Å²) in [6.45, 7) is 3.45. The van der Waals surface area contributed by atoms with Crippen molar-refractivity contribution in [2.24, 2.45) is 0 Å². The van der Waals surface area contributed by atoms with Crippen LogP contribution in [0.15, 0.2) is 42.7 Å². The zero-order valence-corrected chi connectivity index (χ0v) is 22.2. The van der Waals surface area contributed by atoms with E-state index in [-0.39, 0.29) is 5.91 Å². The number of piperidine rings is 1. The fourth-order valence-corrected chi connectivity index (χ4v) is 5.86. The Morgan fingerprint density at radius 2 is 1.78 bits per heavy atom. The molecule has 37 heavy (non-hydrogen) atoms. The molecule has 1 aromatic heterocycles. The lowest BCUT2D eigenvalue weighted by Gasteiger charge is -2.38. The number of aromatic nitrogens is 2. The second kappa shape index (κ2) is 11.6. The van der Waals surface area contributed by atoms with Crippen molar-refractivity contribution in [3.8, 4) is 5.75 Å². The first-order valence-corrected chi connectivity index (χ1v) is 13.5. The van der Waals surface area contributed by atoms with Gasteiger partial charge in [0.2, 0.25) is 0 Å². The highest BCUT2D eigenvalue weighted by atomic mass is 16.5. The van der Waals surface area contributed by atoms with Crippen LogP contribution in [0.4, 0.5) is 0 Å². The van der Waals surface area contributed by atoms with Crippen molar-refractivity contribution in [1.29, 1.82) is 0 Å². The maximum absolute atomic E-state index is 13.4. The second-order valence-electron chi connectivity index (χ2n) is 10.4. The Morgan fingerprint density at radius 1 is 1.00 bits per heavy atom. The molecule has 0 radical (unpaired) electrons. The lowest BCUT2D eigenvalue weighted by Crippen LogP contribution is -2.52. The molecule has 196 valence electrons. The maximum atomic E-state index is 13.4. The highest BCUT2D eigenvalue weighted by Gasteiger charge is 2.30. The van der Waals surface area contributed by atoms with E-state index in [1.807, 2.05) is 31.1 Å². The average Bonchev–Trinajstić information content (AvgIpc) is 2.94. The number of amides is 1. The average molecular weight is 503 g/mol. The summed E-state index contributed by atoms with van der Waals surface area (Å²) in [5.41, 5.74) is 3.42. The molecular weight excluding hydrogens is 464 g/mol. The molecule has 1 amide bonds. The summed E-state index contributed by atoms with van der Waals surface area (Å²) in [7, 11) is 3.50. The van der Waals surface area contributed by atoms with Crippen LogP contribution in [0.5, 0.6) is 5.75 Å². The number of nitrogens with zero attached hydrogens (tertiary/aromatic N) is 3. The van der Waals surface area contributed by atoms with Crippen LogP contribution in [0.1, 0.15) is 65.8 Å². The molecule has 3 aromatic rings. The van der Waals surface area contributed by atoms with Crippen LogP contribution >= 0.6 is 0 Å². The van der Waals surface area contributed by atoms with Crippen molar-refractivity contribution in [2.75, 3.05) is 27.3 Å². The number of rotatable bonds is 7. The number of carbonyl (C=O) groups excluding carboxylic acids is 1. The Bertz CT molecular complexity index is 1240. The predicted octanol–water partition coefficient (Wildman–Crippen LogP) is 4.69. The Morgan fingerprint density at radius 3 is 2.57 bits per heavy atom. The number of hydrogen-bond donors (Lipinski definition) is 1. The van der Waals surface area contributed by atoms with E-state index in [1.165, 1.54) is 31.0 Å². The van der Waals surface area contributed by atoms with Crippen LogP contribution in [0.3, 0.4) is 0 Å². The quantitative estimate of drug-likeness (QED) is 0.505. The molecule has 1 saturated carbocycles. The third-order valence-corrected chi connectivity index (χ3v) is 8.11. The van der Waals surface area contributed by atoms with Gasteiger partial charge in [0.05, 0.1) is 18.9 Å². The number of methoxy groups -OCH3 is 2. The van der Waals surface area contributed by atoms with Gasteiger partial charge in [-0.05, 0) is 61.1 Å². The molecular formula is C30H38N4O3. The van der Waals surface area contributed by atoms with Crippen LogP contribution in [0.2, 0.25) is 0 Å². The van der Waals surface area contributed by atoms with Crippen molar-refractivity contribution in [2.45, 2.75) is 70.1 Å². The molecule has 2 aliphatic rings. The summed E-state index contributed by atoms with van der Waals surface area (Å²) in [4.78, 5) is 24.3. The van der Waals surface area contributed by atoms with E-state index in [1.54, 1.807) is 7.11 Å². The molecule has 5 rings (SSSR count). The Balaban J connectivity index is 1.23. The van der Waals surface area contributed by atoms with Gasteiger partial charge in [-0.2, -0.15) is 0 Å². The summed E-state index contributed by atoms with van der Waals surface area (Å²) in [5, 5.41) is 6.12. The number of likely N-dealkylation sites (tertiary alicyclic amines) is 1. The number of ether oxygens (including phenoxy) is 2. The van der Waals surface area contributed by atoms with Crippen molar-refractivity contribution in [3.05, 3.63) is 65.2 Å². The molecule has 1 saturated heterocycles. The van der Waals surface area contributed by atoms with Gasteiger partial charge in [-0.1, -0.05) is 37.1 Å². The molecule has 1 aliphatic heterocycles. The molecule has 2 aromatic carbocycles. The van der Waals surface area contributed by atoms with E-state index in [4.69, 9.17) is 9.47 Å². The van der Waals surface area contributed by atoms with Gasteiger partial charge in [0, 0.05) is 44.3 Å². The maximum Gasteiger partial charge on any atom is 0.272 e. The summed E-state index contributed by atoms with van der Waals surface area (Å²) in [5.74, 6) is 0.849. The van der Waals surface area contributed by atoms with E-state index in [0.29, 0.717) is 30.3 Å². The van der Waals surface area contributed by atoms with E-state index >= 15 is 0 Å². The molecule has 2 fully saturated rings. The fourth-order valence-electron chi connectivity index (χ4n) is 5.86. The molecule has 0 bridgehead atoms. The first-order chi connectivity index (χ1) is 18.1. The summed E-state index contributed by atoms with van der Waals surface area (Å²) in [6, 6.07) is 13.3. The topological polar surface area (TPSA) is 76.6 Å². The van der Waals surface area contributed by atoms with Gasteiger partial charge in [0.25, 0.3) is 5.91 Å². The minimum atomic E-state index is 0.00952. The lowest BCUT2D eigenvalue weighted by atomic mass is 9.90. The van der Waals surface area contributed by atoms with Crippen molar-refractivity contribution in [3.63, 3.8) is 0 Å². The van der Waals surface area contributed by atoms with Gasteiger partial charge in [0.15, 0.2) is 0 Å². The van der Waals surface area contributed by atoms with Gasteiger partial charge in [0.1, 0.15) is 17.8 Å². The number of carbonyl (C=O) groups is 1. The number of fused-ring (bicyclic) bond motifs is 1. The standard InChI is InChI=1S/C30H38N4O3/c1-20-27(17-21-8-9-22-10-11-25(36-2)18-23(22)16-21)31-19-32-29(20)30(35)34-14-12-24(13-15-34)33-26-6-4-5-7-28(26)37-3/h8-11,16,18-19,24,26,28,33H,4-7,12-15,17H2,1-3H3/t26-,28+/m1/s1. The van der Waals surface area contributed by atoms with E-state index in [9.17, 15) is 4.79 Å². The summed E-state index contributed by atoms with van der Waals surface area (Å²) >= 11 is 0. The molecule has 7 nitrogen and oxygen atoms in total. The highest BCUT2D eigenvalue weighted by molar-refractivity contribution is 5.94. The largest absolute Gasteiger partial charge is 0.497 e. The number of hydrogen-bond acceptors (Lipinski definition) is 6. The minimum absolute atomic E-state index is 0.00952. The van der Waals surface area contributed by atoms with E-state index in [2.05, 4.69) is 39.6 Å². The number of nitrogens with one attached hydrogen (secondary N) is 1. The normalized spacial score (nSPS) is 20.8. The summed E-state index contributed by atoms with van der Waals surface area (Å²) < 4.78 is 11.1. The molecule has 2 heterocycles. The minimum Gasteiger partial charge on any atom is -0.497 e. The zero-order valence-electron chi connectivity index (χ0n) is 22.2. The summed E-state index contributed by atoms with van der Waals surface area (Å²) in [6.07, 6.45) is 9.21. The van der Waals surface area contributed by atoms with E-state index in [0.717, 1.165) is 60.3 Å². The third kappa shape index (κ3) is 5.78. The van der Waals surface area contributed by atoms with E-state index < -0.39 is 0 Å².